The molecular formula is C26H24ClN7. The minimum Gasteiger partial charge on any atom is -0.369 e. The van der Waals surface area contributed by atoms with Crippen LogP contribution in [-0.2, 0) is 6.54 Å². The van der Waals surface area contributed by atoms with Gasteiger partial charge in [0.05, 0.1) is 24.3 Å². The number of hydrogen-bond donors (Lipinski definition) is 0. The third-order valence-electron chi connectivity index (χ3n) is 5.48. The van der Waals surface area contributed by atoms with Crippen molar-refractivity contribution in [3.63, 3.8) is 0 Å². The smallest absolute Gasteiger partial charge is 0.252 e. The summed E-state index contributed by atoms with van der Waals surface area (Å²) in [6, 6.07) is 24.1. The summed E-state index contributed by atoms with van der Waals surface area (Å²) >= 11 is 6.16. The fraction of sp³-hybridized carbons (Fsp3) is 0.154. The van der Waals surface area contributed by atoms with Crippen molar-refractivity contribution < 1.29 is 0 Å². The number of benzene rings is 3. The van der Waals surface area contributed by atoms with Gasteiger partial charge in [0.1, 0.15) is 11.5 Å². The van der Waals surface area contributed by atoms with Crippen LogP contribution in [0.1, 0.15) is 22.5 Å². The van der Waals surface area contributed by atoms with Crippen molar-refractivity contribution >= 4 is 35.3 Å². The molecule has 0 bridgehead atoms. The molecule has 34 heavy (non-hydrogen) atoms. The summed E-state index contributed by atoms with van der Waals surface area (Å²) in [7, 11) is 3.90. The number of aryl methyl sites for hydroxylation is 1. The second kappa shape index (κ2) is 9.11. The maximum Gasteiger partial charge on any atom is 0.252 e. The largest absolute Gasteiger partial charge is 0.369 e. The molecule has 8 heteroatoms. The molecule has 0 unspecified atom stereocenters. The molecule has 170 valence electrons. The van der Waals surface area contributed by atoms with Gasteiger partial charge in [-0.25, -0.2) is 10.0 Å². The molecule has 0 saturated heterocycles. The van der Waals surface area contributed by atoms with Crippen LogP contribution in [0.5, 0.6) is 0 Å². The summed E-state index contributed by atoms with van der Waals surface area (Å²) in [4.78, 5) is 6.36. The molecule has 5 rings (SSSR count). The van der Waals surface area contributed by atoms with Gasteiger partial charge in [0.2, 0.25) is 0 Å². The fourth-order valence-electron chi connectivity index (χ4n) is 3.86. The second-order valence-electron chi connectivity index (χ2n) is 8.29. The SMILES string of the molecule is Cc1nnc2n1-c1ccccc1C(c1ccc(Cl)cc1)=NN2Cc1ccc(N=CN(C)C)cc1. The van der Waals surface area contributed by atoms with Gasteiger partial charge in [0.15, 0.2) is 0 Å². The van der Waals surface area contributed by atoms with Gasteiger partial charge < -0.3 is 4.90 Å². The number of fused-ring (bicyclic) bond motifs is 3. The van der Waals surface area contributed by atoms with Crippen LogP contribution in [0, 0.1) is 6.92 Å². The maximum atomic E-state index is 6.16. The van der Waals surface area contributed by atoms with Crippen molar-refractivity contribution in [2.45, 2.75) is 13.5 Å². The molecule has 7 nitrogen and oxygen atoms in total. The standard InChI is InChI=1S/C26H24ClN7/c1-18-29-30-26-33(16-19-8-14-22(15-9-19)28-17-32(2)3)31-25(20-10-12-21(27)13-11-20)23-6-4-5-7-24(23)34(18)26/h4-15,17H,16H2,1-3H3. The minimum absolute atomic E-state index is 0.529. The number of aliphatic imine (C=N–C) groups is 1. The van der Waals surface area contributed by atoms with Gasteiger partial charge >= 0.3 is 0 Å². The van der Waals surface area contributed by atoms with Crippen molar-refractivity contribution in [1.82, 2.24) is 19.7 Å². The van der Waals surface area contributed by atoms with E-state index in [1.54, 1.807) is 6.34 Å². The number of halogens is 1. The van der Waals surface area contributed by atoms with E-state index in [9.17, 15) is 0 Å². The first-order chi connectivity index (χ1) is 16.5. The number of anilines is 1. The summed E-state index contributed by atoms with van der Waals surface area (Å²) < 4.78 is 2.05. The molecule has 0 aliphatic carbocycles. The van der Waals surface area contributed by atoms with Crippen molar-refractivity contribution in [2.75, 3.05) is 19.1 Å². The zero-order valence-electron chi connectivity index (χ0n) is 19.2. The average Bonchev–Trinajstić information content (AvgIpc) is 3.16. The second-order valence-corrected chi connectivity index (χ2v) is 8.72. The summed E-state index contributed by atoms with van der Waals surface area (Å²) in [5, 5.41) is 16.5. The van der Waals surface area contributed by atoms with E-state index in [1.807, 2.05) is 79.5 Å². The first-order valence-electron chi connectivity index (χ1n) is 10.9. The zero-order chi connectivity index (χ0) is 23.7. The molecule has 2 heterocycles. The van der Waals surface area contributed by atoms with E-state index in [0.29, 0.717) is 17.5 Å². The topological polar surface area (TPSA) is 61.9 Å². The van der Waals surface area contributed by atoms with E-state index >= 15 is 0 Å². The van der Waals surface area contributed by atoms with Crippen LogP contribution in [0.25, 0.3) is 5.69 Å². The monoisotopic (exact) mass is 469 g/mol. The Balaban J connectivity index is 1.59. The summed E-state index contributed by atoms with van der Waals surface area (Å²) in [5.74, 6) is 1.47. The molecule has 0 amide bonds. The number of nitrogens with zero attached hydrogens (tertiary/aromatic N) is 7. The van der Waals surface area contributed by atoms with Crippen LogP contribution >= 0.6 is 11.6 Å². The Kier molecular flexibility index (Phi) is 5.86. The number of rotatable bonds is 5. The highest BCUT2D eigenvalue weighted by molar-refractivity contribution is 6.30. The summed E-state index contributed by atoms with van der Waals surface area (Å²) in [6.07, 6.45) is 1.79. The number of hydrazone groups is 1. The fourth-order valence-corrected chi connectivity index (χ4v) is 3.98. The van der Waals surface area contributed by atoms with Gasteiger partial charge in [0.25, 0.3) is 5.95 Å². The van der Waals surface area contributed by atoms with Gasteiger partial charge in [-0.2, -0.15) is 5.10 Å². The van der Waals surface area contributed by atoms with E-state index in [4.69, 9.17) is 16.7 Å². The minimum atomic E-state index is 0.529. The Hall–Kier alpha value is -3.97. The lowest BCUT2D eigenvalue weighted by Gasteiger charge is -2.18. The first kappa shape index (κ1) is 21.9. The Morgan fingerprint density at radius 3 is 2.41 bits per heavy atom. The van der Waals surface area contributed by atoms with Crippen LogP contribution in [-0.4, -0.2) is 45.8 Å². The quantitative estimate of drug-likeness (QED) is 0.297. The van der Waals surface area contributed by atoms with Crippen LogP contribution in [0.4, 0.5) is 11.6 Å². The number of aromatic nitrogens is 3. The zero-order valence-corrected chi connectivity index (χ0v) is 20.0. The molecule has 0 saturated carbocycles. The Morgan fingerprint density at radius 1 is 0.941 bits per heavy atom. The molecule has 1 aromatic heterocycles. The Labute approximate surface area is 203 Å². The molecule has 1 aliphatic heterocycles. The molecule has 0 atom stereocenters. The first-order valence-corrected chi connectivity index (χ1v) is 11.3. The van der Waals surface area contributed by atoms with Crippen molar-refractivity contribution in [1.29, 1.82) is 0 Å². The Bertz CT molecular complexity index is 1370. The van der Waals surface area contributed by atoms with E-state index in [1.165, 1.54) is 0 Å². The van der Waals surface area contributed by atoms with Gasteiger partial charge in [-0.1, -0.05) is 54.1 Å². The molecule has 0 N–H and O–H groups in total. The average molecular weight is 470 g/mol. The van der Waals surface area contributed by atoms with Gasteiger partial charge in [-0.15, -0.1) is 10.2 Å². The molecule has 3 aromatic carbocycles. The van der Waals surface area contributed by atoms with Gasteiger partial charge in [-0.3, -0.25) is 4.57 Å². The maximum absolute atomic E-state index is 6.16. The highest BCUT2D eigenvalue weighted by atomic mass is 35.5. The normalized spacial score (nSPS) is 12.8. The van der Waals surface area contributed by atoms with Crippen LogP contribution in [0.15, 0.2) is 82.9 Å². The predicted molar refractivity (Wildman–Crippen MR) is 138 cm³/mol. The molecule has 1 aliphatic rings. The molecule has 0 fully saturated rings. The van der Waals surface area contributed by atoms with Crippen LogP contribution < -0.4 is 5.01 Å². The summed E-state index contributed by atoms with van der Waals surface area (Å²) in [6.45, 7) is 2.48. The predicted octanol–water partition coefficient (Wildman–Crippen LogP) is 5.22. The summed E-state index contributed by atoms with van der Waals surface area (Å²) in [5.41, 5.74) is 5.80. The van der Waals surface area contributed by atoms with Gasteiger partial charge in [0, 0.05) is 30.2 Å². The Morgan fingerprint density at radius 2 is 1.68 bits per heavy atom. The lowest BCUT2D eigenvalue weighted by atomic mass is 10.0. The van der Waals surface area contributed by atoms with E-state index in [0.717, 1.165) is 39.6 Å². The molecular weight excluding hydrogens is 446 g/mol. The lowest BCUT2D eigenvalue weighted by Crippen LogP contribution is -2.20. The lowest BCUT2D eigenvalue weighted by molar-refractivity contribution is 0.643. The van der Waals surface area contributed by atoms with Crippen LogP contribution in [0.3, 0.4) is 0 Å². The molecule has 0 radical (unpaired) electrons. The number of para-hydroxylation sites is 1. The third-order valence-corrected chi connectivity index (χ3v) is 5.74. The van der Waals surface area contributed by atoms with Crippen molar-refractivity contribution in [3.05, 3.63) is 100 Å². The number of hydrogen-bond acceptors (Lipinski definition) is 5. The van der Waals surface area contributed by atoms with E-state index < -0.39 is 0 Å². The van der Waals surface area contributed by atoms with E-state index in [-0.39, 0.29) is 0 Å². The molecule has 4 aromatic rings. The highest BCUT2D eigenvalue weighted by Gasteiger charge is 2.26. The van der Waals surface area contributed by atoms with E-state index in [2.05, 4.69) is 44.0 Å². The third kappa shape index (κ3) is 4.30. The van der Waals surface area contributed by atoms with Crippen molar-refractivity contribution in [3.8, 4) is 5.69 Å². The van der Waals surface area contributed by atoms with Crippen molar-refractivity contribution in [2.24, 2.45) is 10.1 Å². The highest BCUT2D eigenvalue weighted by Crippen LogP contribution is 2.31. The molecule has 0 spiro atoms. The van der Waals surface area contributed by atoms with Gasteiger partial charge in [-0.05, 0) is 42.8 Å². The van der Waals surface area contributed by atoms with Crippen LogP contribution in [0.2, 0.25) is 5.02 Å².